The zero-order chi connectivity index (χ0) is 14.7. The molecule has 1 aliphatic carbocycles. The van der Waals surface area contributed by atoms with Crippen molar-refractivity contribution in [1.29, 1.82) is 0 Å². The summed E-state index contributed by atoms with van der Waals surface area (Å²) in [6, 6.07) is 17.2. The molecule has 0 radical (unpaired) electrons. The third kappa shape index (κ3) is 2.92. The van der Waals surface area contributed by atoms with Gasteiger partial charge in [-0.05, 0) is 54.2 Å². The van der Waals surface area contributed by atoms with E-state index in [-0.39, 0.29) is 0 Å². The Morgan fingerprint density at radius 3 is 2.19 bits per heavy atom. The number of hydrogen-bond acceptors (Lipinski definition) is 1. The van der Waals surface area contributed by atoms with Crippen LogP contribution in [0.5, 0.6) is 5.75 Å². The van der Waals surface area contributed by atoms with Gasteiger partial charge in [0.2, 0.25) is 0 Å². The summed E-state index contributed by atoms with van der Waals surface area (Å²) in [5.74, 6) is 0.905. The van der Waals surface area contributed by atoms with Crippen LogP contribution in [0, 0.1) is 6.92 Å². The van der Waals surface area contributed by atoms with E-state index in [1.165, 1.54) is 27.8 Å². The van der Waals surface area contributed by atoms with Gasteiger partial charge in [0.15, 0.2) is 0 Å². The molecule has 0 saturated carbocycles. The van der Waals surface area contributed by atoms with Crippen LogP contribution in [0.4, 0.5) is 0 Å². The zero-order valence-electron chi connectivity index (χ0n) is 12.6. The number of methoxy groups -OCH3 is 1. The Morgan fingerprint density at radius 1 is 0.857 bits per heavy atom. The van der Waals surface area contributed by atoms with Gasteiger partial charge in [-0.25, -0.2) is 0 Å². The lowest BCUT2D eigenvalue weighted by molar-refractivity contribution is 0.415. The van der Waals surface area contributed by atoms with Crippen LogP contribution in [0.1, 0.15) is 29.5 Å². The molecule has 0 bridgehead atoms. The molecule has 106 valence electrons. The van der Waals surface area contributed by atoms with Gasteiger partial charge in [-0.3, -0.25) is 0 Å². The second-order valence-electron chi connectivity index (χ2n) is 5.43. The van der Waals surface area contributed by atoms with Crippen LogP contribution in [0.3, 0.4) is 0 Å². The SMILES string of the molecule is COc1ccc(C2=C(c3ccc(C)cc3)C=CCC2)cc1. The normalized spacial score (nSPS) is 14.4. The Labute approximate surface area is 126 Å². The van der Waals surface area contributed by atoms with Crippen molar-refractivity contribution in [3.05, 3.63) is 77.4 Å². The summed E-state index contributed by atoms with van der Waals surface area (Å²) in [7, 11) is 1.70. The van der Waals surface area contributed by atoms with Gasteiger partial charge in [-0.1, -0.05) is 54.1 Å². The van der Waals surface area contributed by atoms with Gasteiger partial charge < -0.3 is 4.74 Å². The Hall–Kier alpha value is -2.28. The molecule has 0 aliphatic heterocycles. The first-order valence-electron chi connectivity index (χ1n) is 7.39. The molecular formula is C20H20O. The highest BCUT2D eigenvalue weighted by atomic mass is 16.5. The minimum atomic E-state index is 0.905. The van der Waals surface area contributed by atoms with Gasteiger partial charge in [0.05, 0.1) is 7.11 Å². The highest BCUT2D eigenvalue weighted by molar-refractivity contribution is 5.96. The molecule has 1 aliphatic rings. The maximum absolute atomic E-state index is 5.25. The van der Waals surface area contributed by atoms with Crippen LogP contribution >= 0.6 is 0 Å². The summed E-state index contributed by atoms with van der Waals surface area (Å²) in [5, 5.41) is 0. The predicted molar refractivity (Wildman–Crippen MR) is 89.4 cm³/mol. The standard InChI is InChI=1S/C20H20O/c1-15-7-9-16(10-8-15)19-5-3-4-6-20(19)17-11-13-18(21-2)14-12-17/h3,5,7-14H,4,6H2,1-2H3. The molecule has 0 spiro atoms. The summed E-state index contributed by atoms with van der Waals surface area (Å²) in [6.45, 7) is 2.12. The first-order chi connectivity index (χ1) is 10.3. The average molecular weight is 276 g/mol. The fourth-order valence-electron chi connectivity index (χ4n) is 2.76. The van der Waals surface area contributed by atoms with E-state index in [4.69, 9.17) is 4.74 Å². The second-order valence-corrected chi connectivity index (χ2v) is 5.43. The Morgan fingerprint density at radius 2 is 1.52 bits per heavy atom. The molecule has 0 heterocycles. The van der Waals surface area contributed by atoms with Crippen LogP contribution in [0.2, 0.25) is 0 Å². The lowest BCUT2D eigenvalue weighted by Gasteiger charge is -2.17. The maximum atomic E-state index is 5.25. The number of rotatable bonds is 3. The van der Waals surface area contributed by atoms with Crippen LogP contribution in [-0.2, 0) is 0 Å². The molecule has 0 amide bonds. The molecule has 21 heavy (non-hydrogen) atoms. The van der Waals surface area contributed by atoms with E-state index in [1.54, 1.807) is 7.11 Å². The summed E-state index contributed by atoms with van der Waals surface area (Å²) < 4.78 is 5.25. The summed E-state index contributed by atoms with van der Waals surface area (Å²) >= 11 is 0. The van der Waals surface area contributed by atoms with E-state index >= 15 is 0 Å². The molecular weight excluding hydrogens is 256 g/mol. The van der Waals surface area contributed by atoms with Gasteiger partial charge in [0, 0.05) is 0 Å². The van der Waals surface area contributed by atoms with Crippen LogP contribution in [0.15, 0.2) is 60.7 Å². The highest BCUT2D eigenvalue weighted by Gasteiger charge is 2.12. The average Bonchev–Trinajstić information content (AvgIpc) is 2.56. The Kier molecular flexibility index (Phi) is 3.92. The van der Waals surface area contributed by atoms with Crippen molar-refractivity contribution in [2.75, 3.05) is 7.11 Å². The van der Waals surface area contributed by atoms with Crippen molar-refractivity contribution < 1.29 is 4.74 Å². The second kappa shape index (κ2) is 6.01. The van der Waals surface area contributed by atoms with Crippen molar-refractivity contribution in [1.82, 2.24) is 0 Å². The minimum absolute atomic E-state index is 0.905. The number of ether oxygens (including phenoxy) is 1. The van der Waals surface area contributed by atoms with Crippen molar-refractivity contribution >= 4 is 11.1 Å². The first kappa shape index (κ1) is 13.7. The summed E-state index contributed by atoms with van der Waals surface area (Å²) in [5.41, 5.74) is 6.64. The molecule has 2 aromatic rings. The van der Waals surface area contributed by atoms with E-state index in [9.17, 15) is 0 Å². The van der Waals surface area contributed by atoms with Crippen LogP contribution < -0.4 is 4.74 Å². The van der Waals surface area contributed by atoms with E-state index in [0.29, 0.717) is 0 Å². The molecule has 0 N–H and O–H groups in total. The highest BCUT2D eigenvalue weighted by Crippen LogP contribution is 2.35. The quantitative estimate of drug-likeness (QED) is 0.742. The van der Waals surface area contributed by atoms with Crippen LogP contribution in [-0.4, -0.2) is 7.11 Å². The van der Waals surface area contributed by atoms with Gasteiger partial charge in [0.1, 0.15) is 5.75 Å². The van der Waals surface area contributed by atoms with Gasteiger partial charge >= 0.3 is 0 Å². The maximum Gasteiger partial charge on any atom is 0.118 e. The van der Waals surface area contributed by atoms with Crippen molar-refractivity contribution in [2.45, 2.75) is 19.8 Å². The molecule has 2 aromatic carbocycles. The van der Waals surface area contributed by atoms with E-state index in [2.05, 4.69) is 55.5 Å². The number of benzene rings is 2. The monoisotopic (exact) mass is 276 g/mol. The van der Waals surface area contributed by atoms with E-state index < -0.39 is 0 Å². The molecule has 0 aromatic heterocycles. The van der Waals surface area contributed by atoms with E-state index in [1.807, 2.05) is 12.1 Å². The van der Waals surface area contributed by atoms with Crippen LogP contribution in [0.25, 0.3) is 11.1 Å². The summed E-state index contributed by atoms with van der Waals surface area (Å²) in [4.78, 5) is 0. The topological polar surface area (TPSA) is 9.23 Å². The lowest BCUT2D eigenvalue weighted by Crippen LogP contribution is -1.95. The predicted octanol–water partition coefficient (Wildman–Crippen LogP) is 5.26. The van der Waals surface area contributed by atoms with Gasteiger partial charge in [-0.2, -0.15) is 0 Å². The fourth-order valence-corrected chi connectivity index (χ4v) is 2.76. The smallest absolute Gasteiger partial charge is 0.118 e. The minimum Gasteiger partial charge on any atom is -0.497 e. The van der Waals surface area contributed by atoms with Gasteiger partial charge in [-0.15, -0.1) is 0 Å². The number of allylic oxidation sites excluding steroid dienone is 4. The number of hydrogen-bond donors (Lipinski definition) is 0. The molecule has 0 fully saturated rings. The van der Waals surface area contributed by atoms with Gasteiger partial charge in [0.25, 0.3) is 0 Å². The molecule has 3 rings (SSSR count). The van der Waals surface area contributed by atoms with Crippen molar-refractivity contribution in [2.24, 2.45) is 0 Å². The van der Waals surface area contributed by atoms with Crippen molar-refractivity contribution in [3.8, 4) is 5.75 Å². The third-order valence-electron chi connectivity index (χ3n) is 3.97. The first-order valence-corrected chi connectivity index (χ1v) is 7.39. The zero-order valence-corrected chi connectivity index (χ0v) is 12.6. The largest absolute Gasteiger partial charge is 0.497 e. The molecule has 1 nitrogen and oxygen atoms in total. The number of aryl methyl sites for hydroxylation is 1. The fraction of sp³-hybridized carbons (Fsp3) is 0.200. The molecule has 0 atom stereocenters. The Bertz CT molecular complexity index is 673. The van der Waals surface area contributed by atoms with Crippen molar-refractivity contribution in [3.63, 3.8) is 0 Å². The Balaban J connectivity index is 2.06. The third-order valence-corrected chi connectivity index (χ3v) is 3.97. The molecule has 1 heteroatoms. The molecule has 0 unspecified atom stereocenters. The summed E-state index contributed by atoms with van der Waals surface area (Å²) in [6.07, 6.45) is 6.72. The lowest BCUT2D eigenvalue weighted by atomic mass is 9.88. The van der Waals surface area contributed by atoms with E-state index in [0.717, 1.165) is 18.6 Å². The molecule has 0 saturated heterocycles.